The molecule has 4 atom stereocenters. The molecule has 1 aliphatic heterocycles. The van der Waals surface area contributed by atoms with Gasteiger partial charge in [0.15, 0.2) is 0 Å². The molecule has 34 heavy (non-hydrogen) atoms. The van der Waals surface area contributed by atoms with Gasteiger partial charge >= 0.3 is 5.97 Å². The number of allylic oxidation sites excluding steroid dienone is 1. The van der Waals surface area contributed by atoms with Crippen molar-refractivity contribution in [1.29, 1.82) is 0 Å². The van der Waals surface area contributed by atoms with Crippen LogP contribution in [0.5, 0.6) is 0 Å². The number of hydrogen-bond donors (Lipinski definition) is 2. The average Bonchev–Trinajstić information content (AvgIpc) is 3.09. The van der Waals surface area contributed by atoms with Gasteiger partial charge in [0.1, 0.15) is 11.9 Å². The Kier molecular flexibility index (Phi) is 7.68. The maximum absolute atomic E-state index is 15.5. The van der Waals surface area contributed by atoms with E-state index in [4.69, 9.17) is 33.7 Å². The van der Waals surface area contributed by atoms with E-state index in [9.17, 15) is 4.79 Å². The van der Waals surface area contributed by atoms with E-state index < -0.39 is 29.3 Å². The molecule has 2 aromatic rings. The van der Waals surface area contributed by atoms with E-state index in [1.165, 1.54) is 25.3 Å². The molecular weight excluding hydrogens is 474 g/mol. The first-order valence-corrected chi connectivity index (χ1v) is 12.6. The summed E-state index contributed by atoms with van der Waals surface area (Å²) in [5, 5.41) is 4.02. The lowest BCUT2D eigenvalue weighted by Crippen LogP contribution is -2.51. The van der Waals surface area contributed by atoms with Gasteiger partial charge in [-0.2, -0.15) is 0 Å². The molecule has 0 bridgehead atoms. The molecule has 1 aliphatic carbocycles. The first kappa shape index (κ1) is 25.2. The lowest BCUT2D eigenvalue weighted by molar-refractivity contribution is -0.142. The van der Waals surface area contributed by atoms with Crippen LogP contribution in [0.3, 0.4) is 0 Å². The first-order chi connectivity index (χ1) is 16.2. The number of benzene rings is 2. The van der Waals surface area contributed by atoms with Gasteiger partial charge in [-0.05, 0) is 48.6 Å². The Morgan fingerprint density at radius 3 is 2.50 bits per heavy atom. The summed E-state index contributed by atoms with van der Waals surface area (Å²) in [6.07, 6.45) is 6.61. The molecule has 2 aliphatic rings. The van der Waals surface area contributed by atoms with Crippen LogP contribution in [0.4, 0.5) is 4.39 Å². The smallest absolute Gasteiger partial charge is 0.328 e. The molecule has 7 heteroatoms. The number of carbonyl (C=O) groups is 1. The van der Waals surface area contributed by atoms with E-state index in [1.54, 1.807) is 31.2 Å². The highest BCUT2D eigenvalue weighted by atomic mass is 35.5. The summed E-state index contributed by atoms with van der Waals surface area (Å²) in [6, 6.07) is 10.9. The number of ether oxygens (including phenoxy) is 1. The molecule has 0 unspecified atom stereocenters. The Bertz CT molecular complexity index is 1060. The third-order valence-electron chi connectivity index (χ3n) is 7.29. The normalized spacial score (nSPS) is 27.5. The second-order valence-corrected chi connectivity index (χ2v) is 10.5. The van der Waals surface area contributed by atoms with Crippen LogP contribution < -0.4 is 11.1 Å². The Hall–Kier alpha value is -1.92. The number of nitrogens with one attached hydrogen (secondary N) is 1. The minimum absolute atomic E-state index is 0.0151. The first-order valence-electron chi connectivity index (χ1n) is 11.8. The van der Waals surface area contributed by atoms with Crippen LogP contribution >= 0.6 is 23.2 Å². The summed E-state index contributed by atoms with van der Waals surface area (Å²) in [5.41, 5.74) is 7.26. The van der Waals surface area contributed by atoms with Crippen LogP contribution in [0.25, 0.3) is 0 Å². The molecular formula is C27H31Cl2FN2O2. The highest BCUT2D eigenvalue weighted by Crippen LogP contribution is 2.49. The zero-order valence-electron chi connectivity index (χ0n) is 19.3. The number of rotatable bonds is 6. The predicted octanol–water partition coefficient (Wildman–Crippen LogP) is 6.46. The van der Waals surface area contributed by atoms with Crippen LogP contribution in [-0.4, -0.2) is 18.1 Å². The summed E-state index contributed by atoms with van der Waals surface area (Å²) in [7, 11) is 0. The molecule has 0 spiro atoms. The predicted molar refractivity (Wildman–Crippen MR) is 134 cm³/mol. The largest absolute Gasteiger partial charge is 0.431 e. The Balaban J connectivity index is 1.86. The molecule has 4 nitrogen and oxygen atoms in total. The van der Waals surface area contributed by atoms with Crippen LogP contribution in [0.15, 0.2) is 54.8 Å². The van der Waals surface area contributed by atoms with Crippen LogP contribution in [0.1, 0.15) is 62.5 Å². The monoisotopic (exact) mass is 504 g/mol. The van der Waals surface area contributed by atoms with Crippen molar-refractivity contribution in [3.63, 3.8) is 0 Å². The van der Waals surface area contributed by atoms with Crippen LogP contribution in [-0.2, 0) is 15.1 Å². The average molecular weight is 505 g/mol. The lowest BCUT2D eigenvalue weighted by Gasteiger charge is -2.39. The van der Waals surface area contributed by atoms with E-state index in [1.807, 2.05) is 12.1 Å². The Labute approximate surface area is 210 Å². The third kappa shape index (κ3) is 4.90. The van der Waals surface area contributed by atoms with Gasteiger partial charge in [0.25, 0.3) is 0 Å². The standard InChI is InChI=1S/C27H31Cl2FN2O2/c1-16(2)34-26(33)25-23(20-9-6-10-21(29)24(20)30)27(31,18-11-13-19(28)14-12-18)22(32-25)15-17-7-4-3-5-8-17/h6,9-14,17,22-23,25,32H,1,3-5,7-8,15,31H2,2H3/t22-,23-,25+,27+/m0/s1. The van der Waals surface area contributed by atoms with Gasteiger partial charge in [0, 0.05) is 17.0 Å². The summed E-state index contributed by atoms with van der Waals surface area (Å²) in [5.74, 6) is -1.13. The Morgan fingerprint density at radius 2 is 1.85 bits per heavy atom. The molecule has 4 rings (SSSR count). The number of hydrogen-bond acceptors (Lipinski definition) is 4. The van der Waals surface area contributed by atoms with Crippen molar-refractivity contribution in [2.45, 2.75) is 69.0 Å². The molecule has 1 saturated carbocycles. The van der Waals surface area contributed by atoms with Crippen molar-refractivity contribution in [2.24, 2.45) is 11.7 Å². The Morgan fingerprint density at radius 1 is 1.18 bits per heavy atom. The van der Waals surface area contributed by atoms with Gasteiger partial charge in [-0.25, -0.2) is 9.18 Å². The fraction of sp³-hybridized carbons (Fsp3) is 0.444. The van der Waals surface area contributed by atoms with Gasteiger partial charge in [-0.3, -0.25) is 5.32 Å². The molecule has 1 heterocycles. The quantitative estimate of drug-likeness (QED) is 0.350. The van der Waals surface area contributed by atoms with Gasteiger partial charge in [0.05, 0.1) is 16.3 Å². The fourth-order valence-corrected chi connectivity index (χ4v) is 6.03. The van der Waals surface area contributed by atoms with Gasteiger partial charge in [-0.15, -0.1) is 0 Å². The van der Waals surface area contributed by atoms with Crippen molar-refractivity contribution in [3.8, 4) is 0 Å². The number of carbonyl (C=O) groups excluding carboxylic acids is 1. The van der Waals surface area contributed by atoms with E-state index in [0.29, 0.717) is 10.9 Å². The zero-order chi connectivity index (χ0) is 24.5. The van der Waals surface area contributed by atoms with E-state index in [-0.39, 0.29) is 22.4 Å². The van der Waals surface area contributed by atoms with Gasteiger partial charge in [-0.1, -0.05) is 86.2 Å². The number of esters is 1. The molecule has 2 fully saturated rings. The van der Waals surface area contributed by atoms with Gasteiger partial charge in [0.2, 0.25) is 0 Å². The molecule has 182 valence electrons. The van der Waals surface area contributed by atoms with Crippen molar-refractivity contribution in [2.75, 3.05) is 0 Å². The van der Waals surface area contributed by atoms with Gasteiger partial charge < -0.3 is 10.5 Å². The fourth-order valence-electron chi connectivity index (χ4n) is 5.72. The van der Waals surface area contributed by atoms with E-state index in [2.05, 4.69) is 11.9 Å². The van der Waals surface area contributed by atoms with Crippen molar-refractivity contribution >= 4 is 29.2 Å². The summed E-state index contributed by atoms with van der Waals surface area (Å²) in [6.45, 7) is 5.31. The topological polar surface area (TPSA) is 64.3 Å². The highest BCUT2D eigenvalue weighted by Gasteiger charge is 2.57. The maximum atomic E-state index is 15.5. The highest BCUT2D eigenvalue weighted by molar-refractivity contribution is 6.31. The minimum atomic E-state index is -1.10. The molecule has 1 saturated heterocycles. The maximum Gasteiger partial charge on any atom is 0.328 e. The summed E-state index contributed by atoms with van der Waals surface area (Å²) >= 11 is 12.3. The van der Waals surface area contributed by atoms with Crippen LogP contribution in [0, 0.1) is 11.7 Å². The SMILES string of the molecule is C=C(C)OC(=O)[C@@H]1N[C@@H](CC2CCCCC2)[C@](N)(c2ccc(Cl)cc2)[C@H]1c1cccc(Cl)c1F. The second-order valence-electron chi connectivity index (χ2n) is 9.62. The molecule has 3 N–H and O–H groups in total. The van der Waals surface area contributed by atoms with Crippen molar-refractivity contribution < 1.29 is 13.9 Å². The van der Waals surface area contributed by atoms with Crippen molar-refractivity contribution in [3.05, 3.63) is 81.8 Å². The molecule has 0 aromatic heterocycles. The molecule has 0 radical (unpaired) electrons. The molecule has 0 amide bonds. The van der Waals surface area contributed by atoms with Crippen molar-refractivity contribution in [1.82, 2.24) is 5.32 Å². The summed E-state index contributed by atoms with van der Waals surface area (Å²) < 4.78 is 20.9. The molecule has 2 aromatic carbocycles. The second kappa shape index (κ2) is 10.4. The lowest BCUT2D eigenvalue weighted by atomic mass is 9.69. The zero-order valence-corrected chi connectivity index (χ0v) is 20.8. The third-order valence-corrected chi connectivity index (χ3v) is 7.83. The van der Waals surface area contributed by atoms with E-state index >= 15 is 4.39 Å². The number of halogens is 3. The van der Waals surface area contributed by atoms with Crippen LogP contribution in [0.2, 0.25) is 10.0 Å². The minimum Gasteiger partial charge on any atom is -0.431 e. The van der Waals surface area contributed by atoms with E-state index in [0.717, 1.165) is 24.8 Å². The summed E-state index contributed by atoms with van der Waals surface area (Å²) in [4.78, 5) is 13.3. The number of nitrogens with two attached hydrogens (primary N) is 1.